The Morgan fingerprint density at radius 1 is 0.685 bits per heavy atom. The molecule has 3 saturated carbocycles. The van der Waals surface area contributed by atoms with Crippen molar-refractivity contribution in [2.45, 2.75) is 97.1 Å². The van der Waals surface area contributed by atoms with Gasteiger partial charge in [0.1, 0.15) is 6.61 Å². The van der Waals surface area contributed by atoms with Crippen molar-refractivity contribution in [3.05, 3.63) is 87.1 Å². The first-order valence-electron chi connectivity index (χ1n) is 36.7. The summed E-state index contributed by atoms with van der Waals surface area (Å²) in [7, 11) is -1.92. The Morgan fingerprint density at radius 2 is 1.16 bits per heavy atom. The highest BCUT2D eigenvalue weighted by Crippen LogP contribution is 2.75. The number of nitrogens with two attached hydrogens (primary N) is 1. The van der Waals surface area contributed by atoms with Gasteiger partial charge in [0.2, 0.25) is 23.6 Å². The number of halogens is 2. The van der Waals surface area contributed by atoms with Crippen LogP contribution in [0.15, 0.2) is 59.3 Å². The fourth-order valence-corrected chi connectivity index (χ4v) is 17.7. The molecule has 3 aliphatic carbocycles. The lowest BCUT2D eigenvalue weighted by molar-refractivity contribution is -0.205. The molecule has 36 heteroatoms. The minimum atomic E-state index is -4.97. The fourth-order valence-electron chi connectivity index (χ4n) is 14.7. The maximum absolute atomic E-state index is 15.0. The lowest BCUT2D eigenvalue weighted by Crippen LogP contribution is -2.73. The van der Waals surface area contributed by atoms with Crippen LogP contribution in [0.2, 0.25) is 0 Å². The van der Waals surface area contributed by atoms with E-state index in [1.807, 2.05) is 24.6 Å². The number of fused-ring (bicyclic) bond motifs is 6. The number of urea groups is 1. The first kappa shape index (κ1) is 85.5. The molecule has 3 aromatic carbocycles. The van der Waals surface area contributed by atoms with E-state index < -0.39 is 60.6 Å². The zero-order valence-electron chi connectivity index (χ0n) is 62.9. The zero-order valence-corrected chi connectivity index (χ0v) is 66.9. The van der Waals surface area contributed by atoms with E-state index in [1.165, 1.54) is 64.8 Å². The molecule has 3 fully saturated rings. The number of hydrogen-bond donors (Lipinski definition) is 6. The quantitative estimate of drug-likeness (QED) is 0.00919. The molecule has 0 saturated heterocycles. The molecular formula is C75H96Cl2N9O22PS2. The Bertz CT molecular complexity index is 4290. The van der Waals surface area contributed by atoms with Crippen molar-refractivity contribution >= 4 is 150 Å². The van der Waals surface area contributed by atoms with Crippen LogP contribution in [0, 0.1) is 36.5 Å². The molecule has 5 heterocycles. The number of thiophene rings is 2. The third-order valence-electron chi connectivity index (χ3n) is 20.3. The number of benzene rings is 3. The van der Waals surface area contributed by atoms with Crippen LogP contribution in [0.3, 0.4) is 0 Å². The highest BCUT2D eigenvalue weighted by atomic mass is 35.5. The van der Waals surface area contributed by atoms with Gasteiger partial charge in [0, 0.05) is 130 Å². The van der Waals surface area contributed by atoms with Crippen molar-refractivity contribution in [3.63, 3.8) is 0 Å². The van der Waals surface area contributed by atoms with Crippen LogP contribution in [0.1, 0.15) is 98.4 Å². The lowest BCUT2D eigenvalue weighted by Gasteiger charge is -2.69. The van der Waals surface area contributed by atoms with Crippen molar-refractivity contribution in [1.29, 1.82) is 0 Å². The van der Waals surface area contributed by atoms with Crippen molar-refractivity contribution in [1.82, 2.24) is 25.3 Å². The van der Waals surface area contributed by atoms with E-state index in [2.05, 4.69) is 16.0 Å². The van der Waals surface area contributed by atoms with Gasteiger partial charge in [0.15, 0.2) is 17.3 Å². The Labute approximate surface area is 660 Å². The molecule has 5 aromatic rings. The predicted octanol–water partition coefficient (Wildman–Crippen LogP) is 8.63. The number of nitrogens with zero attached hydrogens (tertiary/aromatic N) is 5. The second kappa shape index (κ2) is 38.8. The van der Waals surface area contributed by atoms with E-state index in [-0.39, 0.29) is 162 Å². The third kappa shape index (κ3) is 21.1. The van der Waals surface area contributed by atoms with Gasteiger partial charge in [0.05, 0.1) is 123 Å². The first-order valence-corrected chi connectivity index (χ1v) is 41.1. The minimum absolute atomic E-state index is 0.0267. The number of ether oxygens (including phenoxy) is 8. The smallest absolute Gasteiger partial charge is 0.445 e. The van der Waals surface area contributed by atoms with Crippen molar-refractivity contribution in [2.75, 3.05) is 160 Å². The molecule has 604 valence electrons. The fraction of sp³-hybridized carbons (Fsp3) is 0.547. The Morgan fingerprint density at radius 3 is 1.65 bits per heavy atom. The number of likely N-dealkylation sites (N-methyl/N-ethyl adjacent to an activating group) is 2. The molecule has 10 amide bonds. The van der Waals surface area contributed by atoms with Crippen molar-refractivity contribution < 1.29 is 105 Å². The van der Waals surface area contributed by atoms with Crippen molar-refractivity contribution in [2.24, 2.45) is 28.4 Å². The van der Waals surface area contributed by atoms with Gasteiger partial charge < -0.3 is 83.7 Å². The number of carbonyl (C=O) groups excluding carboxylic acids is 10. The van der Waals surface area contributed by atoms with E-state index in [0.717, 1.165) is 37.9 Å². The van der Waals surface area contributed by atoms with Gasteiger partial charge in [-0.05, 0) is 103 Å². The second-order valence-corrected chi connectivity index (χ2v) is 32.2. The summed E-state index contributed by atoms with van der Waals surface area (Å²) < 4.78 is 63.3. The molecule has 2 aromatic heterocycles. The van der Waals surface area contributed by atoms with E-state index >= 15 is 0 Å². The lowest BCUT2D eigenvalue weighted by atomic mass is 9.34. The van der Waals surface area contributed by atoms with Gasteiger partial charge in [-0.25, -0.2) is 18.9 Å². The summed E-state index contributed by atoms with van der Waals surface area (Å²) in [6.45, 7) is 11.7. The molecule has 111 heavy (non-hydrogen) atoms. The minimum Gasteiger partial charge on any atom is -0.445 e. The monoisotopic (exact) mass is 1640 g/mol. The topological polar surface area (TPSA) is 390 Å². The largest absolute Gasteiger partial charge is 0.524 e. The van der Waals surface area contributed by atoms with E-state index in [1.54, 1.807) is 54.0 Å². The molecule has 0 radical (unpaired) electrons. The molecule has 7 N–H and O–H groups in total. The van der Waals surface area contributed by atoms with Gasteiger partial charge in [0.25, 0.3) is 11.8 Å². The number of primary amides is 1. The van der Waals surface area contributed by atoms with Crippen molar-refractivity contribution in [3.8, 4) is 11.5 Å². The van der Waals surface area contributed by atoms with Crippen LogP contribution in [-0.4, -0.2) is 234 Å². The molecule has 11 rings (SSSR count). The van der Waals surface area contributed by atoms with Crippen LogP contribution >= 0.6 is 53.7 Å². The molecule has 0 unspecified atom stereocenters. The highest BCUT2D eigenvalue weighted by Gasteiger charge is 2.76. The predicted molar refractivity (Wildman–Crippen MR) is 415 cm³/mol. The maximum atomic E-state index is 15.0. The van der Waals surface area contributed by atoms with Gasteiger partial charge in [-0.1, -0.05) is 26.0 Å². The number of amides is 10. The van der Waals surface area contributed by atoms with Gasteiger partial charge >= 0.3 is 26.0 Å². The van der Waals surface area contributed by atoms with Crippen LogP contribution in [0.25, 0.3) is 20.2 Å². The summed E-state index contributed by atoms with van der Waals surface area (Å²) in [5.74, 6) is -3.36. The number of phosphoric acid groups is 1. The molecule has 31 nitrogen and oxygen atoms in total. The molecule has 0 spiro atoms. The van der Waals surface area contributed by atoms with E-state index in [4.69, 9.17) is 71.4 Å². The number of nitrogens with one attached hydrogen (secondary N) is 3. The number of alkyl halides is 2. The van der Waals surface area contributed by atoms with Crippen LogP contribution in [0.4, 0.5) is 31.4 Å². The number of imide groups is 1. The van der Waals surface area contributed by atoms with Gasteiger partial charge in [-0.3, -0.25) is 48.2 Å². The summed E-state index contributed by atoms with van der Waals surface area (Å²) >= 11 is 15.9. The Kier molecular flexibility index (Phi) is 29.9. The number of phosphoric ester groups is 1. The van der Waals surface area contributed by atoms with Gasteiger partial charge in [-0.15, -0.1) is 45.9 Å². The zero-order chi connectivity index (χ0) is 79.9. The maximum Gasteiger partial charge on any atom is 0.524 e. The summed E-state index contributed by atoms with van der Waals surface area (Å²) in [6.07, 6.45) is 2.19. The number of hydrogen-bond acceptors (Lipinski definition) is 22. The molecular weight excluding hydrogens is 1540 g/mol. The standard InChI is InChI=1S/C75H96Cl2N9O22PS2/c1-45(2)65(81-58(88)15-20-100-22-24-102-26-28-104-30-31-105-29-27-103-25-23-101-21-19-84-59(89)13-14-60(84)90)55(87)32-49(8-7-16-79-71(78)94)68(91)80-52-11-9-48(10-12-52)39-106-72(95)82(5)17-18-83(6)73(96)107-56-33-53-63(61-46(3)40-110-66(56)61)50(35-76)37-85(53)69(92)74-42-75(43-74,44-74)70(93)86-38-51(36-77)64-54(86)34-57(108-109(97,98)99)67-62(64)47(4)41-111-67/h9-14,33-34,40-41,45,49-51,65H,7-8,15-32,35-39,42-44H2,1-6H3,(H,80,91)(H,81,88)(H3,78,79,94)(H2,97,98,99)/t49-,50-,51-,65+,74?,75?/m1/s1. The molecule has 2 bridgehead atoms. The van der Waals surface area contributed by atoms with E-state index in [0.29, 0.717) is 111 Å². The number of Topliss-reactive ketones (excluding diaryl/α,β-unsaturated/α-hetero) is 1. The first-order chi connectivity index (χ1) is 53.1. The van der Waals surface area contributed by atoms with Gasteiger partial charge in [-0.2, -0.15) is 0 Å². The summed E-state index contributed by atoms with van der Waals surface area (Å²) in [6, 6.07) is 8.13. The summed E-state index contributed by atoms with van der Waals surface area (Å²) in [5, 5.41) is 13.6. The normalized spacial score (nSPS) is 18.7. The number of anilines is 3. The molecule has 3 aliphatic heterocycles. The SMILES string of the molecule is Cc1csc2c(OC(=O)N(C)CCN(C)C(=O)OCc3ccc(NC(=O)[C@H](CCCNC(N)=O)CC(=O)[C@@H](NC(=O)CCOCCOCCOCCOCCOCCOCCN4C(=O)C=CC4=O)C(C)C)cc3)cc3c(c12)[C@H](CCl)CN3C(=O)C12CC(C(=O)N3C[C@@H](CCl)c4c3cc(OP(=O)(O)O)c3scc(C)c43)(C1)C2. The number of ketones is 1. The third-order valence-corrected chi connectivity index (χ3v) is 23.7. The molecule has 6 aliphatic rings. The number of rotatable bonds is 44. The second-order valence-electron chi connectivity index (χ2n) is 28.7. The summed E-state index contributed by atoms with van der Waals surface area (Å²) in [4.78, 5) is 159. The Hall–Kier alpha value is -7.89. The number of carbonyl (C=O) groups is 10. The number of aryl methyl sites for hydroxylation is 2. The Balaban J connectivity index is 0.631. The van der Waals surface area contributed by atoms with Crippen LogP contribution in [-0.2, 0) is 77.9 Å². The molecule has 4 atom stereocenters. The average molecular weight is 1640 g/mol. The average Bonchev–Trinajstić information content (AvgIpc) is 1.58. The van der Waals surface area contributed by atoms with E-state index in [9.17, 15) is 62.3 Å². The highest BCUT2D eigenvalue weighted by molar-refractivity contribution is 7.46. The van der Waals surface area contributed by atoms with Crippen LogP contribution < -0.4 is 40.7 Å². The summed E-state index contributed by atoms with van der Waals surface area (Å²) in [5.41, 5.74) is 9.09. The van der Waals surface area contributed by atoms with Crippen LogP contribution in [0.5, 0.6) is 11.5 Å².